The van der Waals surface area contributed by atoms with Crippen LogP contribution in [0.5, 0.6) is 0 Å². The topological polar surface area (TPSA) is 75.5 Å². The van der Waals surface area contributed by atoms with Gasteiger partial charge in [-0.3, -0.25) is 14.9 Å². The van der Waals surface area contributed by atoms with Gasteiger partial charge in [0.15, 0.2) is 0 Å². The van der Waals surface area contributed by atoms with Crippen molar-refractivity contribution in [3.63, 3.8) is 0 Å². The summed E-state index contributed by atoms with van der Waals surface area (Å²) in [7, 11) is 0. The van der Waals surface area contributed by atoms with Crippen molar-refractivity contribution in [3.05, 3.63) is 39.4 Å². The first-order valence-electron chi connectivity index (χ1n) is 6.07. The highest BCUT2D eigenvalue weighted by Gasteiger charge is 2.32. The summed E-state index contributed by atoms with van der Waals surface area (Å²) >= 11 is 0. The molecule has 0 aromatic heterocycles. The first kappa shape index (κ1) is 14.3. The highest BCUT2D eigenvalue weighted by atomic mass is 19.1. The molecule has 1 aromatic carbocycles. The molecule has 8 heteroatoms. The van der Waals surface area contributed by atoms with Crippen LogP contribution in [-0.2, 0) is 0 Å². The maximum absolute atomic E-state index is 14.0. The summed E-state index contributed by atoms with van der Waals surface area (Å²) in [5.41, 5.74) is -1.77. The van der Waals surface area contributed by atoms with E-state index in [4.69, 9.17) is 0 Å². The van der Waals surface area contributed by atoms with E-state index < -0.39 is 33.7 Å². The van der Waals surface area contributed by atoms with Gasteiger partial charge in [0.25, 0.3) is 5.91 Å². The number of hydrogen-bond acceptors (Lipinski definition) is 4. The molecule has 1 aromatic rings. The largest absolute Gasteiger partial charge is 0.333 e. The van der Waals surface area contributed by atoms with E-state index in [-0.39, 0.29) is 6.04 Å². The number of carbonyl (C=O) groups is 1. The van der Waals surface area contributed by atoms with Crippen LogP contribution in [0.3, 0.4) is 0 Å². The SMILES string of the molecule is C[C@@H]1CNCCN1C(=O)c1c(F)ccc([N+](=O)[O-])c1F. The summed E-state index contributed by atoms with van der Waals surface area (Å²) in [5, 5.41) is 13.7. The maximum atomic E-state index is 14.0. The van der Waals surface area contributed by atoms with Crippen molar-refractivity contribution in [2.24, 2.45) is 0 Å². The number of nitro benzene ring substituents is 1. The number of benzene rings is 1. The lowest BCUT2D eigenvalue weighted by atomic mass is 10.1. The molecule has 1 saturated heterocycles. The van der Waals surface area contributed by atoms with Gasteiger partial charge in [-0.2, -0.15) is 4.39 Å². The molecular weight excluding hydrogens is 272 g/mol. The molecule has 2 rings (SSSR count). The van der Waals surface area contributed by atoms with Crippen molar-refractivity contribution in [3.8, 4) is 0 Å². The molecule has 0 aliphatic carbocycles. The molecule has 0 saturated carbocycles. The molecule has 1 N–H and O–H groups in total. The van der Waals surface area contributed by atoms with Crippen LogP contribution in [0.4, 0.5) is 14.5 Å². The Kier molecular flexibility index (Phi) is 3.93. The molecule has 1 fully saturated rings. The third-order valence-electron chi connectivity index (χ3n) is 3.24. The summed E-state index contributed by atoms with van der Waals surface area (Å²) in [6, 6.07) is 1.21. The number of rotatable bonds is 2. The van der Waals surface area contributed by atoms with Gasteiger partial charge < -0.3 is 10.2 Å². The molecule has 0 radical (unpaired) electrons. The van der Waals surface area contributed by atoms with Crippen LogP contribution < -0.4 is 5.32 Å². The molecule has 1 amide bonds. The van der Waals surface area contributed by atoms with Crippen molar-refractivity contribution in [2.75, 3.05) is 19.6 Å². The van der Waals surface area contributed by atoms with Gasteiger partial charge in [-0.1, -0.05) is 0 Å². The van der Waals surface area contributed by atoms with Crippen LogP contribution in [0.25, 0.3) is 0 Å². The number of amides is 1. The molecule has 0 spiro atoms. The Bertz CT molecular complexity index is 565. The zero-order valence-electron chi connectivity index (χ0n) is 10.7. The van der Waals surface area contributed by atoms with Gasteiger partial charge in [-0.05, 0) is 13.0 Å². The van der Waals surface area contributed by atoms with E-state index in [1.165, 1.54) is 4.90 Å². The summed E-state index contributed by atoms with van der Waals surface area (Å²) in [6.45, 7) is 3.04. The molecule has 0 bridgehead atoms. The fourth-order valence-corrected chi connectivity index (χ4v) is 2.16. The van der Waals surface area contributed by atoms with E-state index in [1.54, 1.807) is 6.92 Å². The standard InChI is InChI=1S/C12H13F2N3O3/c1-7-6-15-4-5-16(7)12(18)10-8(13)2-3-9(11(10)14)17(19)20/h2-3,7,15H,4-6H2,1H3/t7-/m1/s1. The molecule has 108 valence electrons. The minimum absolute atomic E-state index is 0.241. The number of nitrogens with zero attached hydrogens (tertiary/aromatic N) is 2. The molecule has 20 heavy (non-hydrogen) atoms. The van der Waals surface area contributed by atoms with E-state index in [1.807, 2.05) is 0 Å². The normalized spacial score (nSPS) is 18.9. The fourth-order valence-electron chi connectivity index (χ4n) is 2.16. The number of nitrogens with one attached hydrogen (secondary N) is 1. The van der Waals surface area contributed by atoms with Crippen LogP contribution in [-0.4, -0.2) is 41.4 Å². The van der Waals surface area contributed by atoms with Crippen molar-refractivity contribution in [1.82, 2.24) is 10.2 Å². The predicted molar refractivity (Wildman–Crippen MR) is 66.4 cm³/mol. The lowest BCUT2D eigenvalue weighted by Crippen LogP contribution is -2.52. The summed E-state index contributed by atoms with van der Waals surface area (Å²) < 4.78 is 27.7. The van der Waals surface area contributed by atoms with Crippen molar-refractivity contribution in [1.29, 1.82) is 0 Å². The zero-order chi connectivity index (χ0) is 14.9. The minimum Gasteiger partial charge on any atom is -0.333 e. The minimum atomic E-state index is -1.43. The van der Waals surface area contributed by atoms with Gasteiger partial charge in [-0.15, -0.1) is 0 Å². The Morgan fingerprint density at radius 2 is 2.20 bits per heavy atom. The number of nitro groups is 1. The van der Waals surface area contributed by atoms with Gasteiger partial charge in [0.05, 0.1) is 4.92 Å². The highest BCUT2D eigenvalue weighted by molar-refractivity contribution is 5.95. The molecule has 6 nitrogen and oxygen atoms in total. The molecule has 1 aliphatic rings. The number of piperazine rings is 1. The summed E-state index contributed by atoms with van der Waals surface area (Å²) in [5.74, 6) is -3.38. The van der Waals surface area contributed by atoms with E-state index in [2.05, 4.69) is 5.32 Å². The molecule has 1 heterocycles. The maximum Gasteiger partial charge on any atom is 0.305 e. The zero-order valence-corrected chi connectivity index (χ0v) is 10.7. The first-order chi connectivity index (χ1) is 9.43. The molecule has 1 aliphatic heterocycles. The first-order valence-corrected chi connectivity index (χ1v) is 6.07. The number of hydrogen-bond donors (Lipinski definition) is 1. The lowest BCUT2D eigenvalue weighted by molar-refractivity contribution is -0.387. The van der Waals surface area contributed by atoms with E-state index in [9.17, 15) is 23.7 Å². The second-order valence-corrected chi connectivity index (χ2v) is 4.56. The van der Waals surface area contributed by atoms with Gasteiger partial charge in [0, 0.05) is 31.7 Å². The van der Waals surface area contributed by atoms with E-state index >= 15 is 0 Å². The average Bonchev–Trinajstić information content (AvgIpc) is 2.38. The second kappa shape index (κ2) is 5.49. The van der Waals surface area contributed by atoms with Crippen LogP contribution in [0.15, 0.2) is 12.1 Å². The van der Waals surface area contributed by atoms with Crippen LogP contribution in [0, 0.1) is 21.7 Å². The monoisotopic (exact) mass is 285 g/mol. The predicted octanol–water partition coefficient (Wildman–Crippen LogP) is 1.31. The van der Waals surface area contributed by atoms with Crippen molar-refractivity contribution < 1.29 is 18.5 Å². The smallest absolute Gasteiger partial charge is 0.305 e. The Hall–Kier alpha value is -2.09. The Morgan fingerprint density at radius 1 is 1.50 bits per heavy atom. The van der Waals surface area contributed by atoms with Crippen LogP contribution in [0.1, 0.15) is 17.3 Å². The summed E-state index contributed by atoms with van der Waals surface area (Å²) in [4.78, 5) is 23.2. The molecule has 0 unspecified atom stereocenters. The lowest BCUT2D eigenvalue weighted by Gasteiger charge is -2.34. The van der Waals surface area contributed by atoms with Crippen LogP contribution in [0.2, 0.25) is 0 Å². The quantitative estimate of drug-likeness (QED) is 0.656. The third kappa shape index (κ3) is 2.46. The number of carbonyl (C=O) groups excluding carboxylic acids is 1. The highest BCUT2D eigenvalue weighted by Crippen LogP contribution is 2.25. The van der Waals surface area contributed by atoms with E-state index in [0.717, 1.165) is 6.07 Å². The van der Waals surface area contributed by atoms with Crippen molar-refractivity contribution >= 4 is 11.6 Å². The van der Waals surface area contributed by atoms with Crippen LogP contribution >= 0.6 is 0 Å². The second-order valence-electron chi connectivity index (χ2n) is 4.56. The Labute approximate surface area is 113 Å². The van der Waals surface area contributed by atoms with E-state index in [0.29, 0.717) is 25.7 Å². The summed E-state index contributed by atoms with van der Waals surface area (Å²) in [6.07, 6.45) is 0. The number of halogens is 2. The Morgan fingerprint density at radius 3 is 2.80 bits per heavy atom. The average molecular weight is 285 g/mol. The molecule has 1 atom stereocenters. The van der Waals surface area contributed by atoms with Gasteiger partial charge >= 0.3 is 5.69 Å². The van der Waals surface area contributed by atoms with Crippen molar-refractivity contribution in [2.45, 2.75) is 13.0 Å². The molecular formula is C12H13F2N3O3. The van der Waals surface area contributed by atoms with Gasteiger partial charge in [0.2, 0.25) is 5.82 Å². The van der Waals surface area contributed by atoms with Gasteiger partial charge in [-0.25, -0.2) is 4.39 Å². The third-order valence-corrected chi connectivity index (χ3v) is 3.24. The van der Waals surface area contributed by atoms with Gasteiger partial charge in [0.1, 0.15) is 11.4 Å². The fraction of sp³-hybridized carbons (Fsp3) is 0.417. The Balaban J connectivity index is 2.43.